The molecule has 5 rings (SSSR count). The van der Waals surface area contributed by atoms with Crippen molar-refractivity contribution < 1.29 is 8.83 Å². The predicted molar refractivity (Wildman–Crippen MR) is 93.0 cm³/mol. The third-order valence-corrected chi connectivity index (χ3v) is 4.23. The Balaban J connectivity index is 1.81. The second-order valence-electron chi connectivity index (χ2n) is 5.65. The molecule has 0 saturated heterocycles. The molecule has 24 heavy (non-hydrogen) atoms. The zero-order valence-corrected chi connectivity index (χ0v) is 12.5. The maximum Gasteiger partial charge on any atom is 0.227 e. The van der Waals surface area contributed by atoms with E-state index in [0.29, 0.717) is 27.8 Å². The highest BCUT2D eigenvalue weighted by atomic mass is 16.3. The van der Waals surface area contributed by atoms with Crippen molar-refractivity contribution >= 4 is 33.0 Å². The number of hydrogen-bond acceptors (Lipinski definition) is 4. The van der Waals surface area contributed by atoms with Crippen molar-refractivity contribution in [2.45, 2.75) is 0 Å². The van der Waals surface area contributed by atoms with Crippen LogP contribution in [0.5, 0.6) is 0 Å². The SMILES string of the molecule is O=c1c(-c2cnc3oc4ccccc4c3c2)coc2ccccc12. The van der Waals surface area contributed by atoms with Crippen LogP contribution in [0.2, 0.25) is 0 Å². The molecule has 0 unspecified atom stereocenters. The van der Waals surface area contributed by atoms with E-state index in [1.165, 1.54) is 6.26 Å². The molecule has 0 aliphatic rings. The molecule has 0 N–H and O–H groups in total. The Morgan fingerprint density at radius 1 is 0.833 bits per heavy atom. The topological polar surface area (TPSA) is 56.2 Å². The first-order valence-corrected chi connectivity index (χ1v) is 7.59. The molecular weight excluding hydrogens is 302 g/mol. The third kappa shape index (κ3) is 1.80. The van der Waals surface area contributed by atoms with Crippen LogP contribution < -0.4 is 5.43 Å². The smallest absolute Gasteiger partial charge is 0.227 e. The van der Waals surface area contributed by atoms with Gasteiger partial charge in [0.1, 0.15) is 17.4 Å². The lowest BCUT2D eigenvalue weighted by Crippen LogP contribution is -2.04. The fourth-order valence-electron chi connectivity index (χ4n) is 3.03. The van der Waals surface area contributed by atoms with Crippen LogP contribution in [0.1, 0.15) is 0 Å². The Kier molecular flexibility index (Phi) is 2.61. The van der Waals surface area contributed by atoms with E-state index in [2.05, 4.69) is 4.98 Å². The molecule has 0 saturated carbocycles. The summed E-state index contributed by atoms with van der Waals surface area (Å²) in [7, 11) is 0. The molecule has 0 bridgehead atoms. The van der Waals surface area contributed by atoms with E-state index >= 15 is 0 Å². The maximum atomic E-state index is 12.8. The molecule has 0 fully saturated rings. The van der Waals surface area contributed by atoms with Crippen molar-refractivity contribution in [2.75, 3.05) is 0 Å². The van der Waals surface area contributed by atoms with E-state index in [-0.39, 0.29) is 5.43 Å². The van der Waals surface area contributed by atoms with Gasteiger partial charge in [-0.25, -0.2) is 4.98 Å². The first kappa shape index (κ1) is 13.1. The fraction of sp³-hybridized carbons (Fsp3) is 0. The van der Waals surface area contributed by atoms with Gasteiger partial charge in [0.05, 0.1) is 10.9 Å². The summed E-state index contributed by atoms with van der Waals surface area (Å²) < 4.78 is 11.3. The summed E-state index contributed by atoms with van der Waals surface area (Å²) in [5, 5.41) is 2.43. The van der Waals surface area contributed by atoms with Gasteiger partial charge < -0.3 is 8.83 Å². The van der Waals surface area contributed by atoms with Crippen molar-refractivity contribution in [3.63, 3.8) is 0 Å². The van der Waals surface area contributed by atoms with Gasteiger partial charge in [-0.2, -0.15) is 0 Å². The molecule has 114 valence electrons. The molecule has 4 heteroatoms. The normalized spacial score (nSPS) is 11.5. The summed E-state index contributed by atoms with van der Waals surface area (Å²) in [5.41, 5.74) is 3.06. The van der Waals surface area contributed by atoms with Gasteiger partial charge in [-0.1, -0.05) is 30.3 Å². The monoisotopic (exact) mass is 313 g/mol. The van der Waals surface area contributed by atoms with Crippen molar-refractivity contribution in [2.24, 2.45) is 0 Å². The van der Waals surface area contributed by atoms with Gasteiger partial charge in [0.25, 0.3) is 0 Å². The van der Waals surface area contributed by atoms with Crippen molar-refractivity contribution in [3.8, 4) is 11.1 Å². The molecule has 5 aromatic rings. The number of fused-ring (bicyclic) bond motifs is 4. The van der Waals surface area contributed by atoms with Crippen LogP contribution in [0.15, 0.2) is 80.7 Å². The van der Waals surface area contributed by atoms with Gasteiger partial charge >= 0.3 is 0 Å². The zero-order chi connectivity index (χ0) is 16.1. The summed E-state index contributed by atoms with van der Waals surface area (Å²) >= 11 is 0. The maximum absolute atomic E-state index is 12.8. The highest BCUT2D eigenvalue weighted by molar-refractivity contribution is 6.04. The number of pyridine rings is 1. The molecule has 4 nitrogen and oxygen atoms in total. The van der Waals surface area contributed by atoms with E-state index < -0.39 is 0 Å². The van der Waals surface area contributed by atoms with E-state index in [1.54, 1.807) is 18.3 Å². The van der Waals surface area contributed by atoms with Gasteiger partial charge in [-0.3, -0.25) is 4.79 Å². The molecule has 0 radical (unpaired) electrons. The molecule has 0 aliphatic heterocycles. The lowest BCUT2D eigenvalue weighted by atomic mass is 10.1. The fourth-order valence-corrected chi connectivity index (χ4v) is 3.03. The Bertz CT molecular complexity index is 1280. The van der Waals surface area contributed by atoms with E-state index in [4.69, 9.17) is 8.83 Å². The molecule has 3 aromatic heterocycles. The van der Waals surface area contributed by atoms with Crippen LogP contribution >= 0.6 is 0 Å². The molecular formula is C20H11NO3. The lowest BCUT2D eigenvalue weighted by Gasteiger charge is -2.02. The molecule has 0 spiro atoms. The third-order valence-electron chi connectivity index (χ3n) is 4.23. The molecule has 0 aliphatic carbocycles. The van der Waals surface area contributed by atoms with E-state index in [1.807, 2.05) is 42.5 Å². The van der Waals surface area contributed by atoms with E-state index in [9.17, 15) is 4.79 Å². The van der Waals surface area contributed by atoms with Crippen molar-refractivity contribution in [1.29, 1.82) is 0 Å². The average molecular weight is 313 g/mol. The summed E-state index contributed by atoms with van der Waals surface area (Å²) in [4.78, 5) is 17.1. The van der Waals surface area contributed by atoms with Crippen LogP contribution in [0.4, 0.5) is 0 Å². The number of hydrogen-bond donors (Lipinski definition) is 0. The number of nitrogens with zero attached hydrogens (tertiary/aromatic N) is 1. The summed E-state index contributed by atoms with van der Waals surface area (Å²) in [6.45, 7) is 0. The van der Waals surface area contributed by atoms with Gasteiger partial charge in [0, 0.05) is 22.5 Å². The summed E-state index contributed by atoms with van der Waals surface area (Å²) in [6, 6.07) is 16.9. The number of furan rings is 1. The lowest BCUT2D eigenvalue weighted by molar-refractivity contribution is 0.604. The van der Waals surface area contributed by atoms with Gasteiger partial charge in [-0.15, -0.1) is 0 Å². The summed E-state index contributed by atoms with van der Waals surface area (Å²) in [5.74, 6) is 0. The Hall–Kier alpha value is -3.40. The van der Waals surface area contributed by atoms with Crippen LogP contribution in [0.25, 0.3) is 44.2 Å². The number of rotatable bonds is 1. The van der Waals surface area contributed by atoms with Crippen LogP contribution in [0, 0.1) is 0 Å². The predicted octanol–water partition coefficient (Wildman–Crippen LogP) is 4.75. The average Bonchev–Trinajstić information content (AvgIpc) is 3.00. The molecule has 2 aromatic carbocycles. The standard InChI is InChI=1S/C20H11NO3/c22-19-14-6-2-3-7-17(14)23-11-16(19)12-9-15-13-5-1-4-8-18(13)24-20(15)21-10-12/h1-11H. The van der Waals surface area contributed by atoms with Crippen molar-refractivity contribution in [3.05, 3.63) is 77.3 Å². The van der Waals surface area contributed by atoms with Crippen LogP contribution in [0.3, 0.4) is 0 Å². The number of aromatic nitrogens is 1. The zero-order valence-electron chi connectivity index (χ0n) is 12.5. The second kappa shape index (κ2) is 4.80. The van der Waals surface area contributed by atoms with Crippen molar-refractivity contribution in [1.82, 2.24) is 4.98 Å². The highest BCUT2D eigenvalue weighted by Gasteiger charge is 2.13. The van der Waals surface area contributed by atoms with Crippen LogP contribution in [-0.2, 0) is 0 Å². The highest BCUT2D eigenvalue weighted by Crippen LogP contribution is 2.30. The number of benzene rings is 2. The minimum Gasteiger partial charge on any atom is -0.463 e. The largest absolute Gasteiger partial charge is 0.463 e. The molecule has 3 heterocycles. The Labute approximate surface area is 136 Å². The first-order valence-electron chi connectivity index (χ1n) is 7.59. The summed E-state index contributed by atoms with van der Waals surface area (Å²) in [6.07, 6.45) is 3.14. The Morgan fingerprint density at radius 2 is 1.58 bits per heavy atom. The quantitative estimate of drug-likeness (QED) is 0.448. The molecule has 0 amide bonds. The molecule has 0 atom stereocenters. The first-order chi connectivity index (χ1) is 11.8. The second-order valence-corrected chi connectivity index (χ2v) is 5.65. The van der Waals surface area contributed by atoms with Gasteiger partial charge in [0.2, 0.25) is 11.1 Å². The minimum atomic E-state index is -0.0641. The Morgan fingerprint density at radius 3 is 2.46 bits per heavy atom. The van der Waals surface area contributed by atoms with E-state index in [0.717, 1.165) is 16.4 Å². The van der Waals surface area contributed by atoms with Crippen LogP contribution in [-0.4, -0.2) is 4.98 Å². The van der Waals surface area contributed by atoms with Gasteiger partial charge in [-0.05, 0) is 24.3 Å². The number of para-hydroxylation sites is 2. The minimum absolute atomic E-state index is 0.0641. The van der Waals surface area contributed by atoms with Gasteiger partial charge in [0.15, 0.2) is 0 Å².